The lowest BCUT2D eigenvalue weighted by Crippen LogP contribution is -2.28. The van der Waals surface area contributed by atoms with Crippen molar-refractivity contribution in [1.82, 2.24) is 25.1 Å². The summed E-state index contributed by atoms with van der Waals surface area (Å²) in [4.78, 5) is 27.6. The number of nitrogens with one attached hydrogen (secondary N) is 1. The van der Waals surface area contributed by atoms with Crippen LogP contribution < -0.4 is 5.32 Å². The molecule has 2 amide bonds. The SMILES string of the molecule is Cc1ccc([C@H]2CC(c3cccs3)=NN2C(=O)CSc2nnc(CNC(=O)c3ccccc3)n2-c2cccc(C)c2)cc1. The van der Waals surface area contributed by atoms with Crippen LogP contribution >= 0.6 is 23.1 Å². The molecule has 0 bridgehead atoms. The van der Waals surface area contributed by atoms with Crippen LogP contribution in [-0.4, -0.2) is 43.1 Å². The number of hydrogen-bond acceptors (Lipinski definition) is 7. The number of rotatable bonds is 9. The molecule has 1 aliphatic rings. The molecule has 0 saturated carbocycles. The topological polar surface area (TPSA) is 92.5 Å². The largest absolute Gasteiger partial charge is 0.345 e. The predicted octanol–water partition coefficient (Wildman–Crippen LogP) is 6.35. The van der Waals surface area contributed by atoms with Crippen molar-refractivity contribution in [2.24, 2.45) is 5.10 Å². The highest BCUT2D eigenvalue weighted by molar-refractivity contribution is 7.99. The number of carbonyl (C=O) groups excluding carboxylic acids is 2. The van der Waals surface area contributed by atoms with Crippen molar-refractivity contribution in [2.45, 2.75) is 38.0 Å². The van der Waals surface area contributed by atoms with Gasteiger partial charge in [-0.1, -0.05) is 78.0 Å². The summed E-state index contributed by atoms with van der Waals surface area (Å²) < 4.78 is 1.90. The lowest BCUT2D eigenvalue weighted by atomic mass is 10.00. The van der Waals surface area contributed by atoms with Crippen molar-refractivity contribution >= 4 is 40.6 Å². The predicted molar refractivity (Wildman–Crippen MR) is 171 cm³/mol. The van der Waals surface area contributed by atoms with Crippen molar-refractivity contribution in [1.29, 1.82) is 0 Å². The summed E-state index contributed by atoms with van der Waals surface area (Å²) in [6.45, 7) is 4.25. The van der Waals surface area contributed by atoms with Gasteiger partial charge in [0.2, 0.25) is 0 Å². The van der Waals surface area contributed by atoms with Crippen LogP contribution in [0.2, 0.25) is 0 Å². The molecule has 0 saturated heterocycles. The molecule has 2 aromatic heterocycles. The third-order valence-electron chi connectivity index (χ3n) is 7.16. The van der Waals surface area contributed by atoms with E-state index in [0.717, 1.165) is 27.4 Å². The second kappa shape index (κ2) is 12.8. The van der Waals surface area contributed by atoms with Crippen molar-refractivity contribution in [2.75, 3.05) is 5.75 Å². The third kappa shape index (κ3) is 6.45. The average Bonchev–Trinajstić information content (AvgIpc) is 3.80. The highest BCUT2D eigenvalue weighted by Crippen LogP contribution is 2.35. The monoisotopic (exact) mass is 606 g/mol. The highest BCUT2D eigenvalue weighted by atomic mass is 32.2. The van der Waals surface area contributed by atoms with E-state index >= 15 is 0 Å². The molecule has 0 radical (unpaired) electrons. The van der Waals surface area contributed by atoms with Gasteiger partial charge in [-0.15, -0.1) is 21.5 Å². The van der Waals surface area contributed by atoms with E-state index < -0.39 is 0 Å². The number of hydrazone groups is 1. The van der Waals surface area contributed by atoms with Crippen molar-refractivity contribution in [3.63, 3.8) is 0 Å². The van der Waals surface area contributed by atoms with E-state index in [-0.39, 0.29) is 30.2 Å². The first-order chi connectivity index (χ1) is 21.0. The number of thioether (sulfide) groups is 1. The maximum atomic E-state index is 13.8. The molecule has 1 atom stereocenters. The molecule has 216 valence electrons. The third-order valence-corrected chi connectivity index (χ3v) is 8.99. The van der Waals surface area contributed by atoms with Gasteiger partial charge in [-0.05, 0) is 60.7 Å². The molecule has 0 fully saturated rings. The number of aryl methyl sites for hydroxylation is 2. The van der Waals surface area contributed by atoms with E-state index in [9.17, 15) is 9.59 Å². The Kier molecular flexibility index (Phi) is 8.48. The molecular weight excluding hydrogens is 577 g/mol. The Labute approximate surface area is 258 Å². The lowest BCUT2D eigenvalue weighted by Gasteiger charge is -2.22. The molecule has 10 heteroatoms. The molecule has 6 rings (SSSR count). The van der Waals surface area contributed by atoms with Gasteiger partial charge < -0.3 is 5.32 Å². The Morgan fingerprint density at radius 3 is 2.49 bits per heavy atom. The second-order valence-corrected chi connectivity index (χ2v) is 12.2. The van der Waals surface area contributed by atoms with Gasteiger partial charge in [-0.2, -0.15) is 5.10 Å². The molecule has 0 aliphatic carbocycles. The first kappa shape index (κ1) is 28.6. The van der Waals surface area contributed by atoms with Crippen LogP contribution in [0.4, 0.5) is 0 Å². The zero-order valence-electron chi connectivity index (χ0n) is 23.8. The number of carbonyl (C=O) groups is 2. The fourth-order valence-electron chi connectivity index (χ4n) is 4.96. The quantitative estimate of drug-likeness (QED) is 0.198. The number of amides is 2. The normalized spacial score (nSPS) is 14.5. The minimum absolute atomic E-state index is 0.111. The Morgan fingerprint density at radius 2 is 1.74 bits per heavy atom. The minimum Gasteiger partial charge on any atom is -0.345 e. The smallest absolute Gasteiger partial charge is 0.253 e. The number of nitrogens with zero attached hydrogens (tertiary/aromatic N) is 5. The molecule has 3 heterocycles. The Morgan fingerprint density at radius 1 is 0.930 bits per heavy atom. The van der Waals surface area contributed by atoms with Crippen molar-refractivity contribution in [3.05, 3.63) is 129 Å². The van der Waals surface area contributed by atoms with Gasteiger partial charge in [0, 0.05) is 17.7 Å². The van der Waals surface area contributed by atoms with Gasteiger partial charge >= 0.3 is 0 Å². The summed E-state index contributed by atoms with van der Waals surface area (Å²) in [7, 11) is 0. The first-order valence-corrected chi connectivity index (χ1v) is 15.8. The van der Waals surface area contributed by atoms with Gasteiger partial charge in [-0.3, -0.25) is 14.2 Å². The zero-order chi connectivity index (χ0) is 29.8. The molecule has 0 unspecified atom stereocenters. The van der Waals surface area contributed by atoms with Crippen molar-refractivity contribution in [3.8, 4) is 5.69 Å². The summed E-state index contributed by atoms with van der Waals surface area (Å²) >= 11 is 2.94. The summed E-state index contributed by atoms with van der Waals surface area (Å²) in [5, 5.41) is 20.8. The van der Waals surface area contributed by atoms with Gasteiger partial charge in [-0.25, -0.2) is 5.01 Å². The maximum Gasteiger partial charge on any atom is 0.253 e. The molecule has 1 N–H and O–H groups in total. The van der Waals surface area contributed by atoms with Gasteiger partial charge in [0.1, 0.15) is 0 Å². The summed E-state index contributed by atoms with van der Waals surface area (Å²) in [5.74, 6) is 0.393. The van der Waals surface area contributed by atoms with Gasteiger partial charge in [0.05, 0.1) is 28.9 Å². The standard InChI is InChI=1S/C33H30N6O2S2/c1-22-13-15-24(16-14-22)28-19-27(29-12-7-17-42-29)37-39(28)31(40)21-43-33-36-35-30(38(33)26-11-6-8-23(2)18-26)20-34-32(41)25-9-4-3-5-10-25/h3-18,28H,19-21H2,1-2H3,(H,34,41)/t28-/m1/s1. The van der Waals surface area contributed by atoms with Gasteiger partial charge in [0.25, 0.3) is 11.8 Å². The Hall–Kier alpha value is -4.54. The van der Waals surface area contributed by atoms with E-state index in [2.05, 4.69) is 46.7 Å². The van der Waals surface area contributed by atoms with Crippen LogP contribution in [0, 0.1) is 13.8 Å². The molecular formula is C33H30N6O2S2. The molecule has 3 aromatic carbocycles. The summed E-state index contributed by atoms with van der Waals surface area (Å²) in [6.07, 6.45) is 0.657. The van der Waals surface area contributed by atoms with Crippen LogP contribution in [0.25, 0.3) is 5.69 Å². The van der Waals surface area contributed by atoms with E-state index in [1.807, 2.05) is 71.5 Å². The Bertz CT molecular complexity index is 1760. The number of aromatic nitrogens is 3. The van der Waals surface area contributed by atoms with E-state index in [4.69, 9.17) is 5.10 Å². The fourth-order valence-corrected chi connectivity index (χ4v) is 6.50. The molecule has 43 heavy (non-hydrogen) atoms. The van der Waals surface area contributed by atoms with Crippen LogP contribution in [0.3, 0.4) is 0 Å². The first-order valence-electron chi connectivity index (χ1n) is 13.9. The zero-order valence-corrected chi connectivity index (χ0v) is 25.4. The van der Waals surface area contributed by atoms with E-state index in [1.54, 1.807) is 28.5 Å². The Balaban J connectivity index is 1.24. The molecule has 5 aromatic rings. The van der Waals surface area contributed by atoms with E-state index in [1.165, 1.54) is 17.3 Å². The second-order valence-electron chi connectivity index (χ2n) is 10.3. The summed E-state index contributed by atoms with van der Waals surface area (Å²) in [5.41, 5.74) is 5.64. The molecule has 1 aliphatic heterocycles. The number of benzene rings is 3. The van der Waals surface area contributed by atoms with Crippen LogP contribution in [0.5, 0.6) is 0 Å². The van der Waals surface area contributed by atoms with Gasteiger partial charge in [0.15, 0.2) is 11.0 Å². The molecule has 8 nitrogen and oxygen atoms in total. The van der Waals surface area contributed by atoms with Crippen LogP contribution in [0.15, 0.2) is 107 Å². The number of hydrogen-bond donors (Lipinski definition) is 1. The fraction of sp³-hybridized carbons (Fsp3) is 0.182. The average molecular weight is 607 g/mol. The highest BCUT2D eigenvalue weighted by Gasteiger charge is 2.33. The summed E-state index contributed by atoms with van der Waals surface area (Å²) in [6, 6.07) is 29.2. The maximum absolute atomic E-state index is 13.8. The number of thiophene rings is 1. The van der Waals surface area contributed by atoms with E-state index in [0.29, 0.717) is 23.0 Å². The van der Waals surface area contributed by atoms with Crippen LogP contribution in [0.1, 0.15) is 50.2 Å². The van der Waals surface area contributed by atoms with Crippen LogP contribution in [-0.2, 0) is 11.3 Å². The minimum atomic E-state index is -0.195. The lowest BCUT2D eigenvalue weighted by molar-refractivity contribution is -0.130. The van der Waals surface area contributed by atoms with Crippen molar-refractivity contribution < 1.29 is 9.59 Å². The molecule has 0 spiro atoms.